The first-order chi connectivity index (χ1) is 3.30. The summed E-state index contributed by atoms with van der Waals surface area (Å²) in [6.07, 6.45) is 0.836. The lowest BCUT2D eigenvalue weighted by Gasteiger charge is -2.02. The van der Waals surface area contributed by atoms with E-state index < -0.39 is 11.1 Å². The third-order valence-corrected chi connectivity index (χ3v) is 0.507. The molecule has 0 saturated carbocycles. The second-order valence-corrected chi connectivity index (χ2v) is 0.978. The molecule has 1 rings (SSSR count). The number of hydrogen-bond acceptors (Lipinski definition) is 4. The maximum Gasteiger partial charge on any atom is 0.402 e. The van der Waals surface area contributed by atoms with Crippen molar-refractivity contribution in [2.24, 2.45) is 5.16 Å². The van der Waals surface area contributed by atoms with Crippen LogP contribution in [0.5, 0.6) is 0 Å². The summed E-state index contributed by atoms with van der Waals surface area (Å²) < 4.78 is 0. The number of carbonyl (C=O) groups excluding carboxylic acids is 1. The topological polar surface area (TPSA) is 66.2 Å². The predicted molar refractivity (Wildman–Crippen MR) is 18.9 cm³/mol. The van der Waals surface area contributed by atoms with Crippen molar-refractivity contribution in [2.45, 2.75) is 0 Å². The number of quaternary nitrogens is 1. The Bertz CT molecular complexity index is 120. The first-order valence-electron chi connectivity index (χ1n) is 1.59. The average molecular weight is 102 g/mol. The van der Waals surface area contributed by atoms with Crippen LogP contribution in [0.2, 0.25) is 0 Å². The number of rotatable bonds is 0. The van der Waals surface area contributed by atoms with Gasteiger partial charge in [-0.1, -0.05) is 5.23 Å². The highest BCUT2D eigenvalue weighted by atomic mass is 17.0. The van der Waals surface area contributed by atoms with E-state index in [1.165, 1.54) is 0 Å². The monoisotopic (exact) mass is 102 g/mol. The quantitative estimate of drug-likeness (QED) is 0.354. The van der Waals surface area contributed by atoms with Crippen LogP contribution in [-0.4, -0.2) is 12.1 Å². The SMILES string of the molecule is O=C1C=NO[NH+]1[O-]. The molecule has 1 unspecified atom stereocenters. The van der Waals surface area contributed by atoms with Gasteiger partial charge in [-0.3, -0.25) is 0 Å². The van der Waals surface area contributed by atoms with E-state index in [-0.39, 0.29) is 0 Å². The molecule has 1 aliphatic heterocycles. The largest absolute Gasteiger partial charge is 0.581 e. The summed E-state index contributed by atoms with van der Waals surface area (Å²) in [4.78, 5) is 13.8. The number of carbonyl (C=O) groups is 1. The summed E-state index contributed by atoms with van der Waals surface area (Å²) in [5.74, 6) is -0.694. The summed E-state index contributed by atoms with van der Waals surface area (Å²) in [7, 11) is 0. The number of amides is 1. The Hall–Kier alpha value is -0.940. The van der Waals surface area contributed by atoms with E-state index in [0.717, 1.165) is 6.21 Å². The summed E-state index contributed by atoms with van der Waals surface area (Å²) in [6.45, 7) is 0. The minimum Gasteiger partial charge on any atom is -0.581 e. The van der Waals surface area contributed by atoms with Gasteiger partial charge in [0.25, 0.3) is 0 Å². The van der Waals surface area contributed by atoms with Crippen molar-refractivity contribution in [3.05, 3.63) is 5.21 Å². The molecule has 0 aromatic carbocycles. The molecule has 0 bridgehead atoms. The molecule has 5 nitrogen and oxygen atoms in total. The smallest absolute Gasteiger partial charge is 0.402 e. The van der Waals surface area contributed by atoms with Crippen LogP contribution in [0.3, 0.4) is 0 Å². The van der Waals surface area contributed by atoms with Crippen LogP contribution < -0.4 is 5.23 Å². The Balaban J connectivity index is 2.62. The zero-order valence-corrected chi connectivity index (χ0v) is 3.25. The molecule has 0 aromatic rings. The highest BCUT2D eigenvalue weighted by Crippen LogP contribution is 1.66. The maximum absolute atomic E-state index is 9.95. The number of nitrogens with one attached hydrogen (secondary N) is 1. The van der Waals surface area contributed by atoms with Gasteiger partial charge in [-0.2, -0.15) is 4.94 Å². The van der Waals surface area contributed by atoms with Gasteiger partial charge >= 0.3 is 5.91 Å². The van der Waals surface area contributed by atoms with E-state index in [1.54, 1.807) is 0 Å². The van der Waals surface area contributed by atoms with Crippen LogP contribution in [0.4, 0.5) is 0 Å². The van der Waals surface area contributed by atoms with Gasteiger partial charge < -0.3 is 5.21 Å². The lowest BCUT2D eigenvalue weighted by atomic mass is 10.7. The third kappa shape index (κ3) is 0.577. The molecule has 0 spiro atoms. The molecule has 1 N–H and O–H groups in total. The van der Waals surface area contributed by atoms with Gasteiger partial charge in [-0.25, -0.2) is 4.79 Å². The van der Waals surface area contributed by atoms with Gasteiger partial charge in [0, 0.05) is 0 Å². The molecule has 1 atom stereocenters. The first-order valence-corrected chi connectivity index (χ1v) is 1.59. The number of nitrogens with zero attached hydrogens (tertiary/aromatic N) is 1. The molecule has 7 heavy (non-hydrogen) atoms. The fourth-order valence-electron chi connectivity index (χ4n) is 0.220. The number of hydrogen-bond donors (Lipinski definition) is 1. The minimum atomic E-state index is -0.903. The van der Waals surface area contributed by atoms with E-state index in [9.17, 15) is 10.0 Å². The summed E-state index contributed by atoms with van der Waals surface area (Å²) in [5.41, 5.74) is 0. The van der Waals surface area contributed by atoms with Gasteiger partial charge in [-0.15, -0.1) is 0 Å². The Morgan fingerprint density at radius 1 is 2.00 bits per heavy atom. The van der Waals surface area contributed by atoms with E-state index in [4.69, 9.17) is 0 Å². The van der Waals surface area contributed by atoms with Gasteiger partial charge in [-0.05, 0) is 5.16 Å². The fraction of sp³-hybridized carbons (Fsp3) is 0. The van der Waals surface area contributed by atoms with Crippen LogP contribution in [-0.2, 0) is 9.73 Å². The normalized spacial score (nSPS) is 28.1. The second-order valence-electron chi connectivity index (χ2n) is 0.978. The van der Waals surface area contributed by atoms with Crippen molar-refractivity contribution in [2.75, 3.05) is 0 Å². The highest BCUT2D eigenvalue weighted by Gasteiger charge is 2.15. The Labute approximate surface area is 38.7 Å². The average Bonchev–Trinajstić information content (AvgIpc) is 1.91. The van der Waals surface area contributed by atoms with Crippen LogP contribution in [0.15, 0.2) is 5.16 Å². The molecular weight excluding hydrogens is 100 g/mol. The van der Waals surface area contributed by atoms with Gasteiger partial charge in [0.05, 0.1) is 0 Å². The Morgan fingerprint density at radius 2 is 2.71 bits per heavy atom. The van der Waals surface area contributed by atoms with Crippen LogP contribution in [0, 0.1) is 5.21 Å². The Morgan fingerprint density at radius 3 is 2.86 bits per heavy atom. The summed E-state index contributed by atoms with van der Waals surface area (Å²) >= 11 is 0. The van der Waals surface area contributed by atoms with Crippen LogP contribution in [0.1, 0.15) is 0 Å². The van der Waals surface area contributed by atoms with E-state index in [1.807, 2.05) is 0 Å². The lowest BCUT2D eigenvalue weighted by Crippen LogP contribution is -3.07. The van der Waals surface area contributed by atoms with Gasteiger partial charge in [0.2, 0.25) is 0 Å². The zero-order valence-electron chi connectivity index (χ0n) is 3.25. The minimum absolute atomic E-state index is 0.694. The van der Waals surface area contributed by atoms with E-state index in [0.29, 0.717) is 0 Å². The highest BCUT2D eigenvalue weighted by molar-refractivity contribution is 6.21. The van der Waals surface area contributed by atoms with Crippen molar-refractivity contribution in [1.29, 1.82) is 0 Å². The zero-order chi connectivity index (χ0) is 5.28. The molecule has 1 aliphatic rings. The molecule has 1 heterocycles. The van der Waals surface area contributed by atoms with E-state index >= 15 is 0 Å². The van der Waals surface area contributed by atoms with Crippen molar-refractivity contribution in [1.82, 2.24) is 0 Å². The van der Waals surface area contributed by atoms with Crippen molar-refractivity contribution < 1.29 is 15.0 Å². The lowest BCUT2D eigenvalue weighted by molar-refractivity contribution is -0.978. The number of hydroxylamine groups is 2. The molecule has 0 fully saturated rings. The van der Waals surface area contributed by atoms with Crippen molar-refractivity contribution in [3.63, 3.8) is 0 Å². The number of oxime groups is 1. The van der Waals surface area contributed by atoms with Gasteiger partial charge in [0.15, 0.2) is 6.21 Å². The molecule has 5 heteroatoms. The predicted octanol–water partition coefficient (Wildman–Crippen LogP) is -2.17. The summed E-state index contributed by atoms with van der Waals surface area (Å²) in [6, 6.07) is 0. The molecule has 1 amide bonds. The third-order valence-electron chi connectivity index (χ3n) is 0.507. The fourth-order valence-corrected chi connectivity index (χ4v) is 0.220. The van der Waals surface area contributed by atoms with E-state index in [2.05, 4.69) is 10.1 Å². The van der Waals surface area contributed by atoms with Crippen molar-refractivity contribution in [3.8, 4) is 0 Å². The standard InChI is InChI=1S/C2H2N2O3/c5-2-1-3-7-4(2)6/h1,4H. The maximum atomic E-state index is 9.95. The van der Waals surface area contributed by atoms with Crippen LogP contribution >= 0.6 is 0 Å². The molecular formula is C2H2N2O3. The van der Waals surface area contributed by atoms with Crippen LogP contribution in [0.25, 0.3) is 0 Å². The molecule has 38 valence electrons. The molecule has 0 radical (unpaired) electrons. The first kappa shape index (κ1) is 4.23. The molecule has 0 aliphatic carbocycles. The Kier molecular flexibility index (Phi) is 0.775. The molecule has 0 aromatic heterocycles. The van der Waals surface area contributed by atoms with Crippen molar-refractivity contribution >= 4 is 12.1 Å². The second kappa shape index (κ2) is 1.28. The van der Waals surface area contributed by atoms with Gasteiger partial charge in [0.1, 0.15) is 0 Å². The summed E-state index contributed by atoms with van der Waals surface area (Å²) in [5, 5.41) is 11.9. The molecule has 0 saturated heterocycles.